The summed E-state index contributed by atoms with van der Waals surface area (Å²) in [5.41, 5.74) is 6.26. The lowest BCUT2D eigenvalue weighted by Gasteiger charge is -2.11. The molecule has 2 atom stereocenters. The maximum atomic E-state index is 11.7. The molecule has 126 valence electrons. The van der Waals surface area contributed by atoms with Gasteiger partial charge in [0.15, 0.2) is 0 Å². The van der Waals surface area contributed by atoms with Gasteiger partial charge in [-0.25, -0.2) is 0 Å². The van der Waals surface area contributed by atoms with Gasteiger partial charge in [0.1, 0.15) is 0 Å². The first-order valence-electron chi connectivity index (χ1n) is 7.91. The molecule has 1 aliphatic heterocycles. The summed E-state index contributed by atoms with van der Waals surface area (Å²) >= 11 is 0. The summed E-state index contributed by atoms with van der Waals surface area (Å²) in [6, 6.07) is 9.84. The molecule has 0 aromatic heterocycles. The lowest BCUT2D eigenvalue weighted by Crippen LogP contribution is -2.32. The molecule has 6 nitrogen and oxygen atoms in total. The summed E-state index contributed by atoms with van der Waals surface area (Å²) in [6.07, 6.45) is 1.39. The first kappa shape index (κ1) is 17.4. The zero-order valence-corrected chi connectivity index (χ0v) is 13.2. The third-order valence-corrected chi connectivity index (χ3v) is 3.77. The molecule has 1 fully saturated rings. The molecule has 3 N–H and O–H groups in total. The Morgan fingerprint density at radius 3 is 2.83 bits per heavy atom. The van der Waals surface area contributed by atoms with Crippen molar-refractivity contribution < 1.29 is 19.1 Å². The molecule has 0 bridgehead atoms. The normalized spacial score (nSPS) is 20.3. The van der Waals surface area contributed by atoms with Gasteiger partial charge in [0.2, 0.25) is 11.8 Å². The van der Waals surface area contributed by atoms with Gasteiger partial charge in [0.05, 0.1) is 25.9 Å². The van der Waals surface area contributed by atoms with Gasteiger partial charge in [-0.3, -0.25) is 9.59 Å². The van der Waals surface area contributed by atoms with Crippen LogP contribution in [-0.4, -0.2) is 37.7 Å². The summed E-state index contributed by atoms with van der Waals surface area (Å²) in [7, 11) is 0. The molecule has 0 radical (unpaired) electrons. The molecule has 0 saturated carbocycles. The second kappa shape index (κ2) is 9.27. The Balaban J connectivity index is 1.53. The largest absolute Gasteiger partial charge is 0.376 e. The maximum Gasteiger partial charge on any atom is 0.222 e. The number of ether oxygens (including phenoxy) is 2. The summed E-state index contributed by atoms with van der Waals surface area (Å²) in [6.45, 7) is 1.89. The minimum Gasteiger partial charge on any atom is -0.376 e. The molecule has 1 aromatic carbocycles. The third-order valence-electron chi connectivity index (χ3n) is 3.77. The van der Waals surface area contributed by atoms with Crippen molar-refractivity contribution in [3.05, 3.63) is 35.9 Å². The maximum absolute atomic E-state index is 11.7. The fourth-order valence-corrected chi connectivity index (χ4v) is 2.59. The predicted molar refractivity (Wildman–Crippen MR) is 85.4 cm³/mol. The molecule has 6 heteroatoms. The first-order valence-corrected chi connectivity index (χ1v) is 7.91. The average molecular weight is 320 g/mol. The Hall–Kier alpha value is -1.92. The Kier molecular flexibility index (Phi) is 7.03. The van der Waals surface area contributed by atoms with E-state index in [1.807, 2.05) is 30.3 Å². The molecule has 1 heterocycles. The van der Waals surface area contributed by atoms with Crippen LogP contribution in [0.5, 0.6) is 0 Å². The molecular weight excluding hydrogens is 296 g/mol. The van der Waals surface area contributed by atoms with Crippen LogP contribution in [0, 0.1) is 5.92 Å². The number of carbonyl (C=O) groups is 2. The zero-order chi connectivity index (χ0) is 16.5. The van der Waals surface area contributed by atoms with E-state index in [0.717, 1.165) is 12.0 Å². The van der Waals surface area contributed by atoms with E-state index in [4.69, 9.17) is 15.2 Å². The highest BCUT2D eigenvalue weighted by atomic mass is 16.5. The van der Waals surface area contributed by atoms with Crippen molar-refractivity contribution in [2.24, 2.45) is 11.7 Å². The molecule has 1 aromatic rings. The van der Waals surface area contributed by atoms with E-state index in [9.17, 15) is 9.59 Å². The molecule has 2 rings (SSSR count). The van der Waals surface area contributed by atoms with Gasteiger partial charge in [-0.1, -0.05) is 30.3 Å². The van der Waals surface area contributed by atoms with Gasteiger partial charge in [0, 0.05) is 19.4 Å². The molecule has 0 aliphatic carbocycles. The highest BCUT2D eigenvalue weighted by Crippen LogP contribution is 2.21. The van der Waals surface area contributed by atoms with Gasteiger partial charge < -0.3 is 20.5 Å². The van der Waals surface area contributed by atoms with E-state index in [2.05, 4.69) is 5.32 Å². The van der Waals surface area contributed by atoms with E-state index in [0.29, 0.717) is 39.2 Å². The predicted octanol–water partition coefficient (Wildman–Crippen LogP) is 0.990. The summed E-state index contributed by atoms with van der Waals surface area (Å²) in [5.74, 6) is -0.192. The van der Waals surface area contributed by atoms with Gasteiger partial charge >= 0.3 is 0 Å². The van der Waals surface area contributed by atoms with E-state index >= 15 is 0 Å². The number of benzene rings is 1. The monoisotopic (exact) mass is 320 g/mol. The van der Waals surface area contributed by atoms with Gasteiger partial charge in [-0.05, 0) is 17.9 Å². The molecule has 23 heavy (non-hydrogen) atoms. The number of nitrogens with one attached hydrogen (secondary N) is 1. The summed E-state index contributed by atoms with van der Waals surface area (Å²) in [5, 5.41) is 2.84. The van der Waals surface area contributed by atoms with Crippen LogP contribution in [0.2, 0.25) is 0 Å². The Morgan fingerprint density at radius 1 is 1.30 bits per heavy atom. The fraction of sp³-hybridized carbons (Fsp3) is 0.529. The lowest BCUT2D eigenvalue weighted by molar-refractivity contribution is -0.122. The van der Waals surface area contributed by atoms with Crippen molar-refractivity contribution in [3.63, 3.8) is 0 Å². The van der Waals surface area contributed by atoms with Gasteiger partial charge in [-0.15, -0.1) is 0 Å². The minimum atomic E-state index is -0.307. The van der Waals surface area contributed by atoms with Crippen molar-refractivity contribution in [2.75, 3.05) is 19.8 Å². The smallest absolute Gasteiger partial charge is 0.222 e. The lowest BCUT2D eigenvalue weighted by atomic mass is 10.0. The highest BCUT2D eigenvalue weighted by molar-refractivity contribution is 5.76. The van der Waals surface area contributed by atoms with Crippen molar-refractivity contribution in [1.29, 1.82) is 0 Å². The number of hydrogen-bond donors (Lipinski definition) is 2. The van der Waals surface area contributed by atoms with Crippen LogP contribution >= 0.6 is 0 Å². The number of carbonyl (C=O) groups excluding carboxylic acids is 2. The van der Waals surface area contributed by atoms with E-state index in [1.165, 1.54) is 0 Å². The van der Waals surface area contributed by atoms with Crippen molar-refractivity contribution >= 4 is 11.8 Å². The van der Waals surface area contributed by atoms with Crippen LogP contribution in [0.3, 0.4) is 0 Å². The number of hydrogen-bond acceptors (Lipinski definition) is 4. The average Bonchev–Trinajstić information content (AvgIpc) is 2.97. The fourth-order valence-electron chi connectivity index (χ4n) is 2.59. The molecule has 2 unspecified atom stereocenters. The summed E-state index contributed by atoms with van der Waals surface area (Å²) < 4.78 is 11.0. The van der Waals surface area contributed by atoms with Crippen molar-refractivity contribution in [2.45, 2.75) is 32.0 Å². The Morgan fingerprint density at radius 2 is 2.09 bits per heavy atom. The van der Waals surface area contributed by atoms with E-state index in [-0.39, 0.29) is 23.8 Å². The van der Waals surface area contributed by atoms with Crippen LogP contribution in [0.1, 0.15) is 24.8 Å². The molecule has 0 spiro atoms. The Bertz CT molecular complexity index is 507. The number of nitrogens with two attached hydrogens (primary N) is 1. The molecule has 2 amide bonds. The second-order valence-corrected chi connectivity index (χ2v) is 5.82. The van der Waals surface area contributed by atoms with Crippen molar-refractivity contribution in [1.82, 2.24) is 5.32 Å². The molecule has 1 saturated heterocycles. The van der Waals surface area contributed by atoms with Crippen LogP contribution in [0.25, 0.3) is 0 Å². The third kappa shape index (κ3) is 6.80. The van der Waals surface area contributed by atoms with Crippen LogP contribution in [-0.2, 0) is 25.7 Å². The Labute approximate surface area is 136 Å². The number of rotatable bonds is 9. The molecular formula is C17H24N2O4. The topological polar surface area (TPSA) is 90.7 Å². The minimum absolute atomic E-state index is 0.0338. The number of primary amides is 1. The van der Waals surface area contributed by atoms with E-state index < -0.39 is 0 Å². The zero-order valence-electron chi connectivity index (χ0n) is 13.2. The molecule has 1 aliphatic rings. The quantitative estimate of drug-likeness (QED) is 0.664. The van der Waals surface area contributed by atoms with Gasteiger partial charge in [0.25, 0.3) is 0 Å². The van der Waals surface area contributed by atoms with Crippen LogP contribution < -0.4 is 11.1 Å². The van der Waals surface area contributed by atoms with E-state index in [1.54, 1.807) is 0 Å². The highest BCUT2D eigenvalue weighted by Gasteiger charge is 2.26. The van der Waals surface area contributed by atoms with Gasteiger partial charge in [-0.2, -0.15) is 0 Å². The van der Waals surface area contributed by atoms with Crippen LogP contribution in [0.4, 0.5) is 0 Å². The number of amides is 2. The van der Waals surface area contributed by atoms with Crippen LogP contribution in [0.15, 0.2) is 30.3 Å². The SMILES string of the molecule is NC(=O)CC1COC(CNC(=O)CCOCc2ccccc2)C1. The second-order valence-electron chi connectivity index (χ2n) is 5.82. The first-order chi connectivity index (χ1) is 11.1. The standard InChI is InChI=1S/C17H24N2O4/c18-16(20)9-14-8-15(23-12-14)10-19-17(21)6-7-22-11-13-4-2-1-3-5-13/h1-5,14-15H,6-12H2,(H2,18,20)(H,19,21). The summed E-state index contributed by atoms with van der Waals surface area (Å²) in [4.78, 5) is 22.6. The van der Waals surface area contributed by atoms with Crippen molar-refractivity contribution in [3.8, 4) is 0 Å².